The van der Waals surface area contributed by atoms with Gasteiger partial charge in [-0.25, -0.2) is 17.2 Å². The quantitative estimate of drug-likeness (QED) is 0.447. The maximum absolute atomic E-state index is 14.1. The second kappa shape index (κ2) is 9.64. The van der Waals surface area contributed by atoms with Gasteiger partial charge >= 0.3 is 0 Å². The van der Waals surface area contributed by atoms with E-state index in [2.05, 4.69) is 0 Å². The van der Waals surface area contributed by atoms with E-state index in [1.54, 1.807) is 30.3 Å². The normalized spacial score (nSPS) is 16.4. The van der Waals surface area contributed by atoms with Crippen LogP contribution in [0.4, 0.5) is 14.5 Å². The molecule has 0 atom stereocenters. The molecule has 10 heteroatoms. The number of fused-ring (bicyclic) bond motifs is 1. The Kier molecular flexibility index (Phi) is 6.57. The lowest BCUT2D eigenvalue weighted by atomic mass is 10.0. The van der Waals surface area contributed by atoms with Crippen LogP contribution < -0.4 is 13.8 Å². The first-order valence-electron chi connectivity index (χ1n) is 11.2. The highest BCUT2D eigenvalue weighted by Crippen LogP contribution is 2.39. The van der Waals surface area contributed by atoms with Crippen molar-refractivity contribution in [2.45, 2.75) is 30.3 Å². The number of rotatable bonds is 6. The number of halogens is 3. The van der Waals surface area contributed by atoms with Crippen LogP contribution in [0, 0.1) is 11.6 Å². The molecule has 0 amide bonds. The zero-order valence-electron chi connectivity index (χ0n) is 18.7. The fourth-order valence-electron chi connectivity index (χ4n) is 4.49. The summed E-state index contributed by atoms with van der Waals surface area (Å²) in [5.41, 5.74) is 0.887. The van der Waals surface area contributed by atoms with Crippen molar-refractivity contribution >= 4 is 27.3 Å². The average molecular weight is 521 g/mol. The number of hydrogen-bond donors (Lipinski definition) is 0. The van der Waals surface area contributed by atoms with Gasteiger partial charge < -0.3 is 9.47 Å². The summed E-state index contributed by atoms with van der Waals surface area (Å²) in [5.74, 6) is -0.145. The first kappa shape index (κ1) is 23.8. The molecule has 0 spiro atoms. The van der Waals surface area contributed by atoms with Crippen molar-refractivity contribution in [2.24, 2.45) is 0 Å². The van der Waals surface area contributed by atoms with Crippen molar-refractivity contribution in [1.82, 2.24) is 4.90 Å². The zero-order valence-corrected chi connectivity index (χ0v) is 20.2. The summed E-state index contributed by atoms with van der Waals surface area (Å²) in [6, 6.07) is 14.4. The van der Waals surface area contributed by atoms with E-state index in [-0.39, 0.29) is 17.7 Å². The van der Waals surface area contributed by atoms with Gasteiger partial charge in [0, 0.05) is 48.4 Å². The van der Waals surface area contributed by atoms with Crippen molar-refractivity contribution in [1.29, 1.82) is 0 Å². The van der Waals surface area contributed by atoms with E-state index < -0.39 is 21.7 Å². The number of benzene rings is 3. The summed E-state index contributed by atoms with van der Waals surface area (Å²) in [6.07, 6.45) is 1.06. The molecule has 184 valence electrons. The standard InChI is InChI=1S/C25H23ClF2N2O4S/c26-18-2-6-22(7-3-18)35(31,32)30(21-5-8-24-25(14-21)34-16-33-24)20-9-11-29(12-10-20)15-17-1-4-19(27)13-23(17)28/h1-8,13-14,20H,9-12,15-16H2. The lowest BCUT2D eigenvalue weighted by Crippen LogP contribution is -2.47. The monoisotopic (exact) mass is 520 g/mol. The van der Waals surface area contributed by atoms with E-state index in [9.17, 15) is 17.2 Å². The van der Waals surface area contributed by atoms with E-state index in [4.69, 9.17) is 21.1 Å². The molecule has 0 bridgehead atoms. The Morgan fingerprint density at radius 2 is 1.66 bits per heavy atom. The Hall–Kier alpha value is -2.88. The molecule has 2 heterocycles. The van der Waals surface area contributed by atoms with Crippen LogP contribution in [0.5, 0.6) is 11.5 Å². The Morgan fingerprint density at radius 3 is 2.37 bits per heavy atom. The molecular formula is C25H23ClF2N2O4S. The van der Waals surface area contributed by atoms with Gasteiger partial charge in [0.05, 0.1) is 10.6 Å². The van der Waals surface area contributed by atoms with Crippen molar-refractivity contribution in [3.63, 3.8) is 0 Å². The molecule has 0 N–H and O–H groups in total. The zero-order chi connectivity index (χ0) is 24.6. The van der Waals surface area contributed by atoms with Gasteiger partial charge in [-0.1, -0.05) is 17.7 Å². The molecular weight excluding hydrogens is 498 g/mol. The molecule has 0 unspecified atom stereocenters. The molecule has 35 heavy (non-hydrogen) atoms. The molecule has 2 aliphatic rings. The van der Waals surface area contributed by atoms with Gasteiger partial charge in [0.25, 0.3) is 10.0 Å². The summed E-state index contributed by atoms with van der Waals surface area (Å²) in [7, 11) is -3.92. The fourth-order valence-corrected chi connectivity index (χ4v) is 6.32. The van der Waals surface area contributed by atoms with Crippen LogP contribution in [0.1, 0.15) is 18.4 Å². The minimum absolute atomic E-state index is 0.0844. The molecule has 3 aromatic rings. The number of sulfonamides is 1. The predicted octanol–water partition coefficient (Wildman–Crippen LogP) is 5.21. The summed E-state index contributed by atoms with van der Waals surface area (Å²) in [4.78, 5) is 2.18. The summed E-state index contributed by atoms with van der Waals surface area (Å²) < 4.78 is 67.3. The second-order valence-electron chi connectivity index (χ2n) is 8.54. The number of piperidine rings is 1. The Balaban J connectivity index is 1.41. The highest BCUT2D eigenvalue weighted by atomic mass is 35.5. The second-order valence-corrected chi connectivity index (χ2v) is 10.8. The van der Waals surface area contributed by atoms with Crippen LogP contribution in [0.3, 0.4) is 0 Å². The molecule has 0 aromatic heterocycles. The van der Waals surface area contributed by atoms with Gasteiger partial charge in [0.2, 0.25) is 6.79 Å². The largest absolute Gasteiger partial charge is 0.454 e. The Morgan fingerprint density at radius 1 is 0.943 bits per heavy atom. The van der Waals surface area contributed by atoms with E-state index in [0.29, 0.717) is 60.2 Å². The molecule has 1 saturated heterocycles. The van der Waals surface area contributed by atoms with E-state index in [1.807, 2.05) is 4.90 Å². The van der Waals surface area contributed by atoms with Crippen LogP contribution in [0.2, 0.25) is 5.02 Å². The van der Waals surface area contributed by atoms with Crippen molar-refractivity contribution in [2.75, 3.05) is 24.2 Å². The summed E-state index contributed by atoms with van der Waals surface area (Å²) in [6.45, 7) is 1.52. The molecule has 6 nitrogen and oxygen atoms in total. The first-order chi connectivity index (χ1) is 16.8. The van der Waals surface area contributed by atoms with Crippen molar-refractivity contribution in [3.05, 3.63) is 82.9 Å². The van der Waals surface area contributed by atoms with E-state index >= 15 is 0 Å². The van der Waals surface area contributed by atoms with E-state index in [0.717, 1.165) is 6.07 Å². The summed E-state index contributed by atoms with van der Waals surface area (Å²) >= 11 is 5.98. The van der Waals surface area contributed by atoms with Gasteiger partial charge in [-0.15, -0.1) is 0 Å². The third-order valence-corrected chi connectivity index (χ3v) is 8.43. The maximum atomic E-state index is 14.1. The first-order valence-corrected chi connectivity index (χ1v) is 13.0. The lowest BCUT2D eigenvalue weighted by Gasteiger charge is -2.39. The van der Waals surface area contributed by atoms with Crippen molar-refractivity contribution in [3.8, 4) is 11.5 Å². The number of ether oxygens (including phenoxy) is 2. The van der Waals surface area contributed by atoms with Crippen molar-refractivity contribution < 1.29 is 26.7 Å². The minimum Gasteiger partial charge on any atom is -0.454 e. The highest BCUT2D eigenvalue weighted by Gasteiger charge is 2.35. The minimum atomic E-state index is -3.92. The number of anilines is 1. The van der Waals surface area contributed by atoms with Gasteiger partial charge in [-0.05, 0) is 55.3 Å². The number of nitrogens with zero attached hydrogens (tertiary/aromatic N) is 2. The molecule has 0 aliphatic carbocycles. The maximum Gasteiger partial charge on any atom is 0.264 e. The van der Waals surface area contributed by atoms with Gasteiger partial charge in [-0.3, -0.25) is 9.21 Å². The smallest absolute Gasteiger partial charge is 0.264 e. The van der Waals surface area contributed by atoms with Crippen LogP contribution in [-0.2, 0) is 16.6 Å². The molecule has 1 fully saturated rings. The topological polar surface area (TPSA) is 59.1 Å². The molecule has 5 rings (SSSR count). The lowest BCUT2D eigenvalue weighted by molar-refractivity contribution is 0.174. The Labute approximate surface area is 207 Å². The average Bonchev–Trinajstić information content (AvgIpc) is 3.30. The van der Waals surface area contributed by atoms with Crippen LogP contribution in [0.25, 0.3) is 0 Å². The van der Waals surface area contributed by atoms with Crippen LogP contribution in [0.15, 0.2) is 65.6 Å². The molecule has 2 aliphatic heterocycles. The molecule has 3 aromatic carbocycles. The fraction of sp³-hybridized carbons (Fsp3) is 0.280. The SMILES string of the molecule is O=S(=O)(c1ccc(Cl)cc1)N(c1ccc2c(c1)OCO2)C1CCN(Cc2ccc(F)cc2F)CC1. The Bertz CT molecular complexity index is 1330. The summed E-state index contributed by atoms with van der Waals surface area (Å²) in [5, 5.41) is 0.444. The van der Waals surface area contributed by atoms with Gasteiger partial charge in [-0.2, -0.15) is 0 Å². The van der Waals surface area contributed by atoms with Crippen LogP contribution >= 0.6 is 11.6 Å². The highest BCUT2D eigenvalue weighted by molar-refractivity contribution is 7.92. The third kappa shape index (κ3) is 4.94. The van der Waals surface area contributed by atoms with Gasteiger partial charge in [0.15, 0.2) is 11.5 Å². The molecule has 0 radical (unpaired) electrons. The van der Waals surface area contributed by atoms with E-state index in [1.165, 1.54) is 28.6 Å². The third-order valence-electron chi connectivity index (χ3n) is 6.28. The van der Waals surface area contributed by atoms with Crippen LogP contribution in [-0.4, -0.2) is 39.2 Å². The number of hydrogen-bond acceptors (Lipinski definition) is 5. The molecule has 0 saturated carbocycles. The number of likely N-dealkylation sites (tertiary alicyclic amines) is 1. The van der Waals surface area contributed by atoms with Gasteiger partial charge in [0.1, 0.15) is 11.6 Å². The predicted molar refractivity (Wildman–Crippen MR) is 128 cm³/mol.